The molecular formula is C22H26IN5O2. The van der Waals surface area contributed by atoms with E-state index in [1.165, 1.54) is 5.56 Å². The zero-order chi connectivity index (χ0) is 19.9. The summed E-state index contributed by atoms with van der Waals surface area (Å²) < 4.78 is 12.9. The smallest absolute Gasteiger partial charge is 0.231 e. The maximum atomic E-state index is 5.44. The molecule has 30 heavy (non-hydrogen) atoms. The molecule has 0 fully saturated rings. The topological polar surface area (TPSA) is 72.7 Å². The molecule has 1 aromatic heterocycles. The predicted molar refractivity (Wildman–Crippen MR) is 127 cm³/mol. The first kappa shape index (κ1) is 21.9. The summed E-state index contributed by atoms with van der Waals surface area (Å²) in [4.78, 5) is 9.17. The molecule has 0 saturated heterocycles. The van der Waals surface area contributed by atoms with Crippen LogP contribution in [0.4, 0.5) is 0 Å². The lowest BCUT2D eigenvalue weighted by molar-refractivity contribution is 0.174. The van der Waals surface area contributed by atoms with Crippen LogP contribution in [0.1, 0.15) is 23.9 Å². The van der Waals surface area contributed by atoms with Crippen LogP contribution in [0.15, 0.2) is 65.9 Å². The second-order valence-corrected chi connectivity index (χ2v) is 6.69. The van der Waals surface area contributed by atoms with Gasteiger partial charge in [-0.1, -0.05) is 36.4 Å². The molecule has 2 aromatic carbocycles. The highest BCUT2D eigenvalue weighted by Gasteiger charge is 2.13. The lowest BCUT2D eigenvalue weighted by Crippen LogP contribution is -2.37. The van der Waals surface area contributed by atoms with Crippen molar-refractivity contribution in [1.82, 2.24) is 20.2 Å². The van der Waals surface area contributed by atoms with E-state index < -0.39 is 0 Å². The van der Waals surface area contributed by atoms with Gasteiger partial charge >= 0.3 is 0 Å². The quantitative estimate of drug-likeness (QED) is 0.284. The van der Waals surface area contributed by atoms with E-state index >= 15 is 0 Å². The Morgan fingerprint density at radius 2 is 1.90 bits per heavy atom. The molecule has 158 valence electrons. The fourth-order valence-corrected chi connectivity index (χ4v) is 3.15. The van der Waals surface area contributed by atoms with Gasteiger partial charge in [0.25, 0.3) is 0 Å². The Hall–Kier alpha value is -2.75. The van der Waals surface area contributed by atoms with E-state index in [0.717, 1.165) is 41.9 Å². The maximum Gasteiger partial charge on any atom is 0.231 e. The zero-order valence-electron chi connectivity index (χ0n) is 16.9. The number of nitrogens with zero attached hydrogens (tertiary/aromatic N) is 3. The van der Waals surface area contributed by atoms with Crippen molar-refractivity contribution in [3.63, 3.8) is 0 Å². The van der Waals surface area contributed by atoms with Crippen molar-refractivity contribution in [2.75, 3.05) is 13.3 Å². The fourth-order valence-electron chi connectivity index (χ4n) is 3.15. The summed E-state index contributed by atoms with van der Waals surface area (Å²) in [5.74, 6) is 3.27. The summed E-state index contributed by atoms with van der Waals surface area (Å²) in [5.41, 5.74) is 2.31. The highest BCUT2D eigenvalue weighted by molar-refractivity contribution is 14.0. The molecule has 0 atom stereocenters. The summed E-state index contributed by atoms with van der Waals surface area (Å²) >= 11 is 0. The van der Waals surface area contributed by atoms with Crippen molar-refractivity contribution >= 4 is 29.9 Å². The average Bonchev–Trinajstić information content (AvgIpc) is 3.39. The summed E-state index contributed by atoms with van der Waals surface area (Å²) in [6.45, 7) is 5.04. The number of rotatable bonds is 7. The van der Waals surface area contributed by atoms with Crippen molar-refractivity contribution in [1.29, 1.82) is 0 Å². The molecule has 3 aromatic rings. The number of aromatic nitrogens is 2. The van der Waals surface area contributed by atoms with Crippen LogP contribution in [-0.4, -0.2) is 28.8 Å². The van der Waals surface area contributed by atoms with E-state index in [9.17, 15) is 0 Å². The summed E-state index contributed by atoms with van der Waals surface area (Å²) in [6, 6.07) is 16.3. The summed E-state index contributed by atoms with van der Waals surface area (Å²) in [5, 5.41) is 6.65. The Kier molecular flexibility index (Phi) is 7.95. The highest BCUT2D eigenvalue weighted by Crippen LogP contribution is 2.32. The van der Waals surface area contributed by atoms with Gasteiger partial charge in [0.1, 0.15) is 5.82 Å². The van der Waals surface area contributed by atoms with Crippen LogP contribution in [0.3, 0.4) is 0 Å². The van der Waals surface area contributed by atoms with Gasteiger partial charge < -0.3 is 24.7 Å². The van der Waals surface area contributed by atoms with Gasteiger partial charge in [-0.2, -0.15) is 0 Å². The average molecular weight is 519 g/mol. The minimum atomic E-state index is 0. The van der Waals surface area contributed by atoms with Crippen LogP contribution in [0.5, 0.6) is 11.5 Å². The third-order valence-electron chi connectivity index (χ3n) is 4.61. The van der Waals surface area contributed by atoms with Gasteiger partial charge in [0, 0.05) is 25.5 Å². The first-order valence-electron chi connectivity index (χ1n) is 9.76. The molecule has 7 nitrogen and oxygen atoms in total. The SMILES string of the molecule is CCNC(=NCc1ccc2c(c1)OCO2)NCc1nccn1Cc1ccccc1.I. The van der Waals surface area contributed by atoms with Gasteiger partial charge in [-0.05, 0) is 30.2 Å². The Morgan fingerprint density at radius 1 is 1.07 bits per heavy atom. The van der Waals surface area contributed by atoms with Gasteiger partial charge in [-0.25, -0.2) is 9.98 Å². The van der Waals surface area contributed by atoms with Crippen molar-refractivity contribution in [3.05, 3.63) is 77.9 Å². The van der Waals surface area contributed by atoms with Crippen LogP contribution >= 0.6 is 24.0 Å². The monoisotopic (exact) mass is 519 g/mol. The van der Waals surface area contributed by atoms with Crippen molar-refractivity contribution in [2.24, 2.45) is 4.99 Å². The predicted octanol–water partition coefficient (Wildman–Crippen LogP) is 3.53. The number of nitrogens with one attached hydrogen (secondary N) is 2. The number of fused-ring (bicyclic) bond motifs is 1. The number of benzene rings is 2. The Balaban J connectivity index is 0.00000256. The van der Waals surface area contributed by atoms with Gasteiger partial charge in [0.05, 0.1) is 13.1 Å². The molecule has 2 heterocycles. The van der Waals surface area contributed by atoms with E-state index in [2.05, 4.69) is 49.4 Å². The van der Waals surface area contributed by atoms with Gasteiger partial charge in [-0.15, -0.1) is 24.0 Å². The molecule has 0 unspecified atom stereocenters. The normalized spacial score (nSPS) is 12.4. The molecule has 0 saturated carbocycles. The summed E-state index contributed by atoms with van der Waals surface area (Å²) in [7, 11) is 0. The van der Waals surface area contributed by atoms with Gasteiger partial charge in [0.15, 0.2) is 17.5 Å². The molecule has 1 aliphatic heterocycles. The molecule has 8 heteroatoms. The van der Waals surface area contributed by atoms with Gasteiger partial charge in [-0.3, -0.25) is 0 Å². The second-order valence-electron chi connectivity index (χ2n) is 6.69. The molecule has 2 N–H and O–H groups in total. The Labute approximate surface area is 193 Å². The molecule has 0 radical (unpaired) electrons. The third kappa shape index (κ3) is 5.65. The number of hydrogen-bond acceptors (Lipinski definition) is 4. The molecule has 0 aliphatic carbocycles. The van der Waals surface area contributed by atoms with Crippen molar-refractivity contribution < 1.29 is 9.47 Å². The number of imidazole rings is 1. The van der Waals surface area contributed by atoms with Gasteiger partial charge in [0.2, 0.25) is 6.79 Å². The minimum Gasteiger partial charge on any atom is -0.454 e. The molecule has 1 aliphatic rings. The largest absolute Gasteiger partial charge is 0.454 e. The van der Waals surface area contributed by atoms with Crippen molar-refractivity contribution in [3.8, 4) is 11.5 Å². The van der Waals surface area contributed by atoms with E-state index in [-0.39, 0.29) is 30.8 Å². The first-order valence-corrected chi connectivity index (χ1v) is 9.76. The minimum absolute atomic E-state index is 0. The second kappa shape index (κ2) is 10.9. The standard InChI is InChI=1S/C22H25N5O2.HI/c1-2-23-22(25-13-18-8-9-19-20(12-18)29-16-28-19)26-14-21-24-10-11-27(21)15-17-6-4-3-5-7-17;/h3-12H,2,13-16H2,1H3,(H2,23,25,26);1H. The van der Waals surface area contributed by atoms with E-state index in [1.54, 1.807) is 0 Å². The first-order chi connectivity index (χ1) is 14.3. The molecule has 0 spiro atoms. The lowest BCUT2D eigenvalue weighted by atomic mass is 10.2. The van der Waals surface area contributed by atoms with E-state index in [0.29, 0.717) is 13.1 Å². The molecule has 0 amide bonds. The molecule has 4 rings (SSSR count). The van der Waals surface area contributed by atoms with Crippen LogP contribution in [0, 0.1) is 0 Å². The lowest BCUT2D eigenvalue weighted by Gasteiger charge is -2.13. The highest BCUT2D eigenvalue weighted by atomic mass is 127. The Bertz CT molecular complexity index is 975. The zero-order valence-corrected chi connectivity index (χ0v) is 19.2. The van der Waals surface area contributed by atoms with Crippen LogP contribution in [0.2, 0.25) is 0 Å². The number of halogens is 1. The van der Waals surface area contributed by atoms with Crippen LogP contribution in [0.25, 0.3) is 0 Å². The maximum absolute atomic E-state index is 5.44. The number of guanidine groups is 1. The van der Waals surface area contributed by atoms with E-state index in [4.69, 9.17) is 9.47 Å². The number of ether oxygens (including phenoxy) is 2. The molecule has 0 bridgehead atoms. The van der Waals surface area contributed by atoms with E-state index in [1.807, 2.05) is 43.6 Å². The summed E-state index contributed by atoms with van der Waals surface area (Å²) in [6.07, 6.45) is 3.83. The molecular weight excluding hydrogens is 493 g/mol. The fraction of sp³-hybridized carbons (Fsp3) is 0.273. The van der Waals surface area contributed by atoms with Crippen LogP contribution < -0.4 is 20.1 Å². The number of hydrogen-bond donors (Lipinski definition) is 2. The Morgan fingerprint density at radius 3 is 2.73 bits per heavy atom. The van der Waals surface area contributed by atoms with Crippen molar-refractivity contribution in [2.45, 2.75) is 26.6 Å². The third-order valence-corrected chi connectivity index (χ3v) is 4.61. The van der Waals surface area contributed by atoms with Crippen LogP contribution in [-0.2, 0) is 19.6 Å². The number of aliphatic imine (C=N–C) groups is 1.